The Morgan fingerprint density at radius 1 is 1.39 bits per heavy atom. The molecule has 2 atom stereocenters. The standard InChI is InChI=1S/C16H18N2O4S/c1-3-14(22-9-19)15(17)13-8-23-16(10(13)2)11-4-6-12(7-5-11)18(20)21/h4-9,14-15H,3,17H2,1-2H3. The predicted molar refractivity (Wildman–Crippen MR) is 89.3 cm³/mol. The second-order valence-electron chi connectivity index (χ2n) is 5.15. The summed E-state index contributed by atoms with van der Waals surface area (Å²) >= 11 is 1.52. The molecule has 6 nitrogen and oxygen atoms in total. The number of nitro groups is 1. The molecule has 0 saturated carbocycles. The Bertz CT molecular complexity index is 697. The van der Waals surface area contributed by atoms with Gasteiger partial charge in [0.2, 0.25) is 0 Å². The number of non-ortho nitro benzene ring substituents is 1. The van der Waals surface area contributed by atoms with Crippen molar-refractivity contribution in [1.82, 2.24) is 0 Å². The minimum Gasteiger partial charge on any atom is -0.463 e. The summed E-state index contributed by atoms with van der Waals surface area (Å²) in [6, 6.07) is 6.03. The molecule has 0 aliphatic heterocycles. The van der Waals surface area contributed by atoms with Crippen LogP contribution in [0.3, 0.4) is 0 Å². The molecule has 0 aliphatic carbocycles. The SMILES string of the molecule is CCC(OC=O)C(N)c1csc(-c2ccc([N+](=O)[O-])cc2)c1C. The number of thiophene rings is 1. The summed E-state index contributed by atoms with van der Waals surface area (Å²) in [7, 11) is 0. The van der Waals surface area contributed by atoms with Crippen molar-refractivity contribution in [1.29, 1.82) is 0 Å². The average molecular weight is 334 g/mol. The third kappa shape index (κ3) is 3.57. The van der Waals surface area contributed by atoms with E-state index in [-0.39, 0.29) is 11.8 Å². The maximum Gasteiger partial charge on any atom is 0.293 e. The van der Waals surface area contributed by atoms with Gasteiger partial charge in [0.05, 0.1) is 11.0 Å². The van der Waals surface area contributed by atoms with Gasteiger partial charge in [0.25, 0.3) is 12.2 Å². The second kappa shape index (κ2) is 7.34. The molecule has 0 fully saturated rings. The summed E-state index contributed by atoms with van der Waals surface area (Å²) in [6.45, 7) is 4.29. The second-order valence-corrected chi connectivity index (χ2v) is 6.03. The Labute approximate surface area is 138 Å². The van der Waals surface area contributed by atoms with Crippen molar-refractivity contribution >= 4 is 23.5 Å². The summed E-state index contributed by atoms with van der Waals surface area (Å²) in [5, 5.41) is 12.7. The Morgan fingerprint density at radius 2 is 2.04 bits per heavy atom. The van der Waals surface area contributed by atoms with Crippen LogP contribution in [0.25, 0.3) is 10.4 Å². The van der Waals surface area contributed by atoms with Crippen LogP contribution in [0, 0.1) is 17.0 Å². The number of carbonyl (C=O) groups excluding carboxylic acids is 1. The van der Waals surface area contributed by atoms with Crippen molar-refractivity contribution in [3.8, 4) is 10.4 Å². The minimum absolute atomic E-state index is 0.0605. The summed E-state index contributed by atoms with van der Waals surface area (Å²) in [4.78, 5) is 21.9. The van der Waals surface area contributed by atoms with Gasteiger partial charge in [0.1, 0.15) is 6.10 Å². The van der Waals surface area contributed by atoms with Crippen molar-refractivity contribution in [3.63, 3.8) is 0 Å². The van der Waals surface area contributed by atoms with Crippen molar-refractivity contribution in [3.05, 3.63) is 50.9 Å². The average Bonchev–Trinajstić information content (AvgIpc) is 2.93. The highest BCUT2D eigenvalue weighted by Crippen LogP contribution is 2.36. The lowest BCUT2D eigenvalue weighted by Gasteiger charge is -2.21. The molecule has 2 N–H and O–H groups in total. The monoisotopic (exact) mass is 334 g/mol. The van der Waals surface area contributed by atoms with Gasteiger partial charge in [-0.25, -0.2) is 0 Å². The number of carbonyl (C=O) groups is 1. The van der Waals surface area contributed by atoms with Gasteiger partial charge in [0, 0.05) is 17.0 Å². The maximum atomic E-state index is 10.7. The zero-order valence-electron chi connectivity index (χ0n) is 12.9. The molecule has 122 valence electrons. The summed E-state index contributed by atoms with van der Waals surface area (Å²) in [5.74, 6) is 0. The summed E-state index contributed by atoms with van der Waals surface area (Å²) < 4.78 is 5.04. The van der Waals surface area contributed by atoms with E-state index in [9.17, 15) is 14.9 Å². The largest absolute Gasteiger partial charge is 0.463 e. The van der Waals surface area contributed by atoms with Gasteiger partial charge in [0.15, 0.2) is 0 Å². The first-order valence-electron chi connectivity index (χ1n) is 7.17. The van der Waals surface area contributed by atoms with E-state index in [1.54, 1.807) is 12.1 Å². The lowest BCUT2D eigenvalue weighted by molar-refractivity contribution is -0.384. The Hall–Kier alpha value is -2.25. The first-order chi connectivity index (χ1) is 11.0. The van der Waals surface area contributed by atoms with E-state index in [1.165, 1.54) is 23.5 Å². The molecular weight excluding hydrogens is 316 g/mol. The normalized spacial score (nSPS) is 13.3. The molecule has 2 aromatic rings. The molecule has 1 heterocycles. The van der Waals surface area contributed by atoms with Crippen molar-refractivity contribution in [2.24, 2.45) is 5.73 Å². The zero-order valence-corrected chi connectivity index (χ0v) is 13.7. The highest BCUT2D eigenvalue weighted by Gasteiger charge is 2.23. The topological polar surface area (TPSA) is 95.5 Å². The van der Waals surface area contributed by atoms with Crippen molar-refractivity contribution in [2.75, 3.05) is 0 Å². The van der Waals surface area contributed by atoms with Crippen molar-refractivity contribution in [2.45, 2.75) is 32.4 Å². The Kier molecular flexibility index (Phi) is 5.46. The van der Waals surface area contributed by atoms with Crippen LogP contribution in [0.2, 0.25) is 0 Å². The fourth-order valence-corrected chi connectivity index (χ4v) is 3.63. The molecule has 0 saturated heterocycles. The molecule has 1 aromatic heterocycles. The van der Waals surface area contributed by atoms with Crippen LogP contribution in [-0.2, 0) is 9.53 Å². The Morgan fingerprint density at radius 3 is 2.57 bits per heavy atom. The van der Waals surface area contributed by atoms with Crippen LogP contribution in [0.5, 0.6) is 0 Å². The van der Waals surface area contributed by atoms with Crippen LogP contribution in [0.1, 0.15) is 30.5 Å². The number of nitrogens with zero attached hydrogens (tertiary/aromatic N) is 1. The highest BCUT2D eigenvalue weighted by molar-refractivity contribution is 7.14. The third-order valence-corrected chi connectivity index (χ3v) is 4.96. The molecule has 0 radical (unpaired) electrons. The fraction of sp³-hybridized carbons (Fsp3) is 0.312. The highest BCUT2D eigenvalue weighted by atomic mass is 32.1. The van der Waals surface area contributed by atoms with E-state index in [1.807, 2.05) is 19.2 Å². The van der Waals surface area contributed by atoms with E-state index in [0.717, 1.165) is 21.6 Å². The number of benzene rings is 1. The first kappa shape index (κ1) is 17.1. The van der Waals surface area contributed by atoms with Crippen LogP contribution < -0.4 is 5.73 Å². The van der Waals surface area contributed by atoms with E-state index in [4.69, 9.17) is 10.5 Å². The minimum atomic E-state index is -0.422. The number of rotatable bonds is 7. The molecule has 1 aromatic carbocycles. The maximum absolute atomic E-state index is 10.7. The number of hydrogen-bond donors (Lipinski definition) is 1. The van der Waals surface area contributed by atoms with Crippen LogP contribution >= 0.6 is 11.3 Å². The van der Waals surface area contributed by atoms with Gasteiger partial charge in [-0.1, -0.05) is 6.92 Å². The van der Waals surface area contributed by atoms with Gasteiger partial charge >= 0.3 is 0 Å². The zero-order chi connectivity index (χ0) is 17.0. The molecule has 2 rings (SSSR count). The van der Waals surface area contributed by atoms with Gasteiger partial charge in [-0.3, -0.25) is 14.9 Å². The number of nitrogens with two attached hydrogens (primary N) is 1. The van der Waals surface area contributed by atoms with Crippen LogP contribution in [0.4, 0.5) is 5.69 Å². The van der Waals surface area contributed by atoms with E-state index in [0.29, 0.717) is 12.9 Å². The molecule has 0 spiro atoms. The first-order valence-corrected chi connectivity index (χ1v) is 8.05. The van der Waals surface area contributed by atoms with Gasteiger partial charge in [-0.2, -0.15) is 0 Å². The van der Waals surface area contributed by atoms with Gasteiger partial charge in [-0.15, -0.1) is 11.3 Å². The van der Waals surface area contributed by atoms with Crippen LogP contribution in [0.15, 0.2) is 29.6 Å². The smallest absolute Gasteiger partial charge is 0.293 e. The fourth-order valence-electron chi connectivity index (χ4n) is 2.48. The van der Waals surface area contributed by atoms with E-state index >= 15 is 0 Å². The molecule has 0 aliphatic rings. The van der Waals surface area contributed by atoms with Crippen LogP contribution in [-0.4, -0.2) is 17.5 Å². The Balaban J connectivity index is 2.31. The molecule has 2 unspecified atom stereocenters. The number of ether oxygens (including phenoxy) is 1. The molecule has 23 heavy (non-hydrogen) atoms. The van der Waals surface area contributed by atoms with E-state index in [2.05, 4.69) is 0 Å². The number of hydrogen-bond acceptors (Lipinski definition) is 6. The summed E-state index contributed by atoms with van der Waals surface area (Å²) in [6.07, 6.45) is 0.257. The molecule has 7 heteroatoms. The third-order valence-electron chi connectivity index (χ3n) is 3.81. The molecular formula is C16H18N2O4S. The quantitative estimate of drug-likeness (QED) is 0.474. The van der Waals surface area contributed by atoms with Crippen molar-refractivity contribution < 1.29 is 14.5 Å². The van der Waals surface area contributed by atoms with E-state index < -0.39 is 11.0 Å². The summed E-state index contributed by atoms with van der Waals surface area (Å²) in [5.41, 5.74) is 9.12. The lowest BCUT2D eigenvalue weighted by Crippen LogP contribution is -2.28. The molecule has 0 amide bonds. The number of nitro benzene ring substituents is 1. The molecule has 0 bridgehead atoms. The van der Waals surface area contributed by atoms with Gasteiger partial charge in [-0.05, 0) is 47.5 Å². The predicted octanol–water partition coefficient (Wildman–Crippen LogP) is 3.58. The lowest BCUT2D eigenvalue weighted by atomic mass is 9.97. The van der Waals surface area contributed by atoms with Gasteiger partial charge < -0.3 is 10.5 Å².